The number of hydrogen-bond donors (Lipinski definition) is 2. The van der Waals surface area contributed by atoms with Gasteiger partial charge in [0.25, 0.3) is 0 Å². The lowest BCUT2D eigenvalue weighted by Crippen LogP contribution is -2.40. The molecule has 0 amide bonds. The van der Waals surface area contributed by atoms with Crippen molar-refractivity contribution in [2.75, 3.05) is 0 Å². The average Bonchev–Trinajstić information content (AvgIpc) is 3.19. The average molecular weight is 382 g/mol. The Balaban J connectivity index is 1.84. The van der Waals surface area contributed by atoms with Crippen molar-refractivity contribution in [1.82, 2.24) is 9.97 Å². The molecule has 1 atom stereocenters. The summed E-state index contributed by atoms with van der Waals surface area (Å²) < 4.78 is 0. The largest absolute Gasteiger partial charge is 0.340 e. The maximum absolute atomic E-state index is 6.94. The van der Waals surface area contributed by atoms with Gasteiger partial charge in [0.1, 0.15) is 5.82 Å². The number of unbranched alkanes of at least 4 members (excludes halogenated alkanes) is 3. The van der Waals surface area contributed by atoms with E-state index in [0.29, 0.717) is 0 Å². The second kappa shape index (κ2) is 9.20. The van der Waals surface area contributed by atoms with Crippen molar-refractivity contribution in [3.05, 3.63) is 77.2 Å². The molecule has 0 aliphatic rings. The van der Waals surface area contributed by atoms with Crippen molar-refractivity contribution < 1.29 is 0 Å². The monoisotopic (exact) mass is 381 g/mol. The number of halogens is 1. The standard InChI is InChI=1S/C23H28ClN3/c1-2-3-4-8-15-23(25,16-18-11-13-20(24)14-12-18)22-26-17-21(27-22)19-9-6-5-7-10-19/h5-7,9-14,17H,2-4,8,15-16,25H2,1H3,(H,26,27). The van der Waals surface area contributed by atoms with Gasteiger partial charge in [-0.1, -0.05) is 86.7 Å². The van der Waals surface area contributed by atoms with Crippen LogP contribution in [0.3, 0.4) is 0 Å². The summed E-state index contributed by atoms with van der Waals surface area (Å²) in [7, 11) is 0. The third-order valence-electron chi connectivity index (χ3n) is 5.04. The Morgan fingerprint density at radius 2 is 1.74 bits per heavy atom. The molecule has 0 aliphatic carbocycles. The second-order valence-electron chi connectivity index (χ2n) is 7.28. The van der Waals surface area contributed by atoms with Crippen LogP contribution in [0.15, 0.2) is 60.8 Å². The van der Waals surface area contributed by atoms with E-state index in [-0.39, 0.29) is 0 Å². The molecule has 142 valence electrons. The van der Waals surface area contributed by atoms with Gasteiger partial charge in [0, 0.05) is 5.02 Å². The van der Waals surface area contributed by atoms with Gasteiger partial charge in [0.2, 0.25) is 0 Å². The van der Waals surface area contributed by atoms with E-state index in [1.165, 1.54) is 24.8 Å². The van der Waals surface area contributed by atoms with Gasteiger partial charge in [0.05, 0.1) is 17.4 Å². The van der Waals surface area contributed by atoms with Gasteiger partial charge in [-0.25, -0.2) is 4.98 Å². The van der Waals surface area contributed by atoms with Crippen molar-refractivity contribution in [3.8, 4) is 11.3 Å². The predicted octanol–water partition coefficient (Wildman–Crippen LogP) is 6.10. The molecule has 1 aromatic heterocycles. The zero-order valence-corrected chi connectivity index (χ0v) is 16.7. The molecule has 0 radical (unpaired) electrons. The minimum Gasteiger partial charge on any atom is -0.340 e. The van der Waals surface area contributed by atoms with Crippen LogP contribution < -0.4 is 5.73 Å². The lowest BCUT2D eigenvalue weighted by molar-refractivity contribution is 0.365. The summed E-state index contributed by atoms with van der Waals surface area (Å²) in [4.78, 5) is 8.15. The van der Waals surface area contributed by atoms with Crippen molar-refractivity contribution >= 4 is 11.6 Å². The number of imidazole rings is 1. The van der Waals surface area contributed by atoms with E-state index in [2.05, 4.69) is 41.2 Å². The van der Waals surface area contributed by atoms with Gasteiger partial charge in [0.15, 0.2) is 0 Å². The van der Waals surface area contributed by atoms with E-state index in [0.717, 1.165) is 41.4 Å². The van der Waals surface area contributed by atoms with Crippen LogP contribution in [0.2, 0.25) is 5.02 Å². The first-order valence-electron chi connectivity index (χ1n) is 9.75. The fourth-order valence-electron chi connectivity index (χ4n) is 3.46. The number of rotatable bonds is 9. The fraction of sp³-hybridized carbons (Fsp3) is 0.348. The molecule has 3 rings (SSSR count). The molecule has 0 saturated heterocycles. The Hall–Kier alpha value is -2.10. The van der Waals surface area contributed by atoms with Gasteiger partial charge >= 0.3 is 0 Å². The van der Waals surface area contributed by atoms with E-state index in [1.807, 2.05) is 36.5 Å². The number of benzene rings is 2. The highest BCUT2D eigenvalue weighted by atomic mass is 35.5. The topological polar surface area (TPSA) is 54.7 Å². The molecular weight excluding hydrogens is 354 g/mol. The van der Waals surface area contributed by atoms with E-state index >= 15 is 0 Å². The first kappa shape index (κ1) is 19.7. The number of aromatic nitrogens is 2. The lowest BCUT2D eigenvalue weighted by atomic mass is 9.85. The van der Waals surface area contributed by atoms with Crippen molar-refractivity contribution in [3.63, 3.8) is 0 Å². The Bertz CT molecular complexity index is 826. The first-order chi connectivity index (χ1) is 13.1. The van der Waals surface area contributed by atoms with Crippen LogP contribution in [0.4, 0.5) is 0 Å². The van der Waals surface area contributed by atoms with Crippen LogP contribution >= 0.6 is 11.6 Å². The van der Waals surface area contributed by atoms with E-state index in [4.69, 9.17) is 17.3 Å². The Labute approximate surface area is 167 Å². The maximum Gasteiger partial charge on any atom is 0.127 e. The second-order valence-corrected chi connectivity index (χ2v) is 7.72. The molecule has 2 aromatic carbocycles. The molecule has 0 aliphatic heterocycles. The number of H-pyrrole nitrogens is 1. The normalized spacial score (nSPS) is 13.4. The Morgan fingerprint density at radius 1 is 1.00 bits per heavy atom. The first-order valence-corrected chi connectivity index (χ1v) is 10.1. The maximum atomic E-state index is 6.94. The summed E-state index contributed by atoms with van der Waals surface area (Å²) in [5.41, 5.74) is 9.72. The van der Waals surface area contributed by atoms with Gasteiger partial charge in [-0.3, -0.25) is 0 Å². The minimum absolute atomic E-state index is 0.519. The van der Waals surface area contributed by atoms with Gasteiger partial charge in [-0.2, -0.15) is 0 Å². The minimum atomic E-state index is -0.519. The molecule has 1 heterocycles. The molecular formula is C23H28ClN3. The quantitative estimate of drug-likeness (QED) is 0.440. The molecule has 0 saturated carbocycles. The van der Waals surface area contributed by atoms with E-state index < -0.39 is 5.54 Å². The van der Waals surface area contributed by atoms with Crippen molar-refractivity contribution in [2.45, 2.75) is 51.0 Å². The number of nitrogens with two attached hydrogens (primary N) is 1. The van der Waals surface area contributed by atoms with Gasteiger partial charge in [-0.15, -0.1) is 0 Å². The van der Waals surface area contributed by atoms with Gasteiger partial charge in [-0.05, 0) is 36.1 Å². The van der Waals surface area contributed by atoms with Crippen molar-refractivity contribution in [1.29, 1.82) is 0 Å². The van der Waals surface area contributed by atoms with Crippen LogP contribution in [-0.2, 0) is 12.0 Å². The molecule has 4 heteroatoms. The fourth-order valence-corrected chi connectivity index (χ4v) is 3.59. The van der Waals surface area contributed by atoms with Crippen LogP contribution in [0.5, 0.6) is 0 Å². The number of nitrogens with zero attached hydrogens (tertiary/aromatic N) is 1. The lowest BCUT2D eigenvalue weighted by Gasteiger charge is -2.28. The SMILES string of the molecule is CCCCCCC(N)(Cc1ccc(Cl)cc1)c1ncc(-c2ccccc2)[nH]1. The molecule has 3 nitrogen and oxygen atoms in total. The summed E-state index contributed by atoms with van der Waals surface area (Å²) in [5.74, 6) is 0.854. The molecule has 0 spiro atoms. The predicted molar refractivity (Wildman–Crippen MR) is 114 cm³/mol. The van der Waals surface area contributed by atoms with Crippen LogP contribution in [0.25, 0.3) is 11.3 Å². The molecule has 27 heavy (non-hydrogen) atoms. The Morgan fingerprint density at radius 3 is 2.44 bits per heavy atom. The highest BCUT2D eigenvalue weighted by Gasteiger charge is 2.30. The smallest absolute Gasteiger partial charge is 0.127 e. The zero-order chi connectivity index (χ0) is 19.1. The van der Waals surface area contributed by atoms with E-state index in [1.54, 1.807) is 0 Å². The molecule has 0 bridgehead atoms. The number of hydrogen-bond acceptors (Lipinski definition) is 2. The van der Waals surface area contributed by atoms with Crippen molar-refractivity contribution in [2.24, 2.45) is 5.73 Å². The number of nitrogens with one attached hydrogen (secondary N) is 1. The van der Waals surface area contributed by atoms with Gasteiger partial charge < -0.3 is 10.7 Å². The van der Waals surface area contributed by atoms with Crippen LogP contribution in [0, 0.1) is 0 Å². The zero-order valence-electron chi connectivity index (χ0n) is 15.9. The highest BCUT2D eigenvalue weighted by Crippen LogP contribution is 2.29. The highest BCUT2D eigenvalue weighted by molar-refractivity contribution is 6.30. The number of aromatic amines is 1. The third kappa shape index (κ3) is 5.21. The van der Waals surface area contributed by atoms with E-state index in [9.17, 15) is 0 Å². The third-order valence-corrected chi connectivity index (χ3v) is 5.29. The molecule has 3 aromatic rings. The van der Waals surface area contributed by atoms with Crippen LogP contribution in [-0.4, -0.2) is 9.97 Å². The summed E-state index contributed by atoms with van der Waals surface area (Å²) in [6.07, 6.45) is 8.27. The Kier molecular flexibility index (Phi) is 6.70. The molecule has 0 fully saturated rings. The van der Waals surface area contributed by atoms with Crippen LogP contribution in [0.1, 0.15) is 50.4 Å². The molecule has 1 unspecified atom stereocenters. The summed E-state index contributed by atoms with van der Waals surface area (Å²) in [5, 5.41) is 0.744. The summed E-state index contributed by atoms with van der Waals surface area (Å²) in [6, 6.07) is 18.2. The summed E-state index contributed by atoms with van der Waals surface area (Å²) >= 11 is 6.04. The molecule has 3 N–H and O–H groups in total. The summed E-state index contributed by atoms with van der Waals surface area (Å²) in [6.45, 7) is 2.22.